The second-order valence-corrected chi connectivity index (χ2v) is 6.92. The molecule has 1 rings (SSSR count). The topological polar surface area (TPSA) is 69.7 Å². The summed E-state index contributed by atoms with van der Waals surface area (Å²) in [6.45, 7) is -0.517. The number of benzene rings is 1. The average Bonchev–Trinajstić information content (AvgIpc) is 2.37. The molecule has 6 nitrogen and oxygen atoms in total. The molecule has 0 unspecified atom stereocenters. The second kappa shape index (κ2) is 6.63. The molecule has 0 heterocycles. The molecule has 10 heteroatoms. The molecule has 0 saturated heterocycles. The predicted octanol–water partition coefficient (Wildman–Crippen LogP) is 1.38. The van der Waals surface area contributed by atoms with E-state index in [1.807, 2.05) is 0 Å². The van der Waals surface area contributed by atoms with E-state index in [0.29, 0.717) is 0 Å². The maximum Gasteiger partial charge on any atom is 0.416 e. The Labute approximate surface area is 126 Å². The molecule has 0 spiro atoms. The molecule has 1 amide bonds. The summed E-state index contributed by atoms with van der Waals surface area (Å²) in [5.74, 6) is -0.743. The number of carbonyl (C=O) groups is 1. The molecule has 0 aliphatic heterocycles. The number of hydrogen-bond acceptors (Lipinski definition) is 3. The van der Waals surface area contributed by atoms with Crippen LogP contribution < -0.4 is 5.32 Å². The predicted molar refractivity (Wildman–Crippen MR) is 75.3 cm³/mol. The first-order valence-corrected chi connectivity index (χ1v) is 7.45. The van der Waals surface area contributed by atoms with Crippen molar-refractivity contribution in [2.45, 2.75) is 6.18 Å². The molecule has 0 bridgehead atoms. The van der Waals surface area contributed by atoms with Crippen LogP contribution in [0.15, 0.2) is 24.3 Å². The number of amides is 1. The quantitative estimate of drug-likeness (QED) is 0.881. The fourth-order valence-electron chi connectivity index (χ4n) is 1.54. The highest BCUT2D eigenvalue weighted by Crippen LogP contribution is 2.30. The summed E-state index contributed by atoms with van der Waals surface area (Å²) in [5.41, 5.74) is -0.963. The van der Waals surface area contributed by atoms with Crippen molar-refractivity contribution in [3.63, 3.8) is 0 Å². The van der Waals surface area contributed by atoms with Crippen LogP contribution in [0.25, 0.3) is 0 Å². The third-order valence-electron chi connectivity index (χ3n) is 2.70. The van der Waals surface area contributed by atoms with Crippen LogP contribution in [0.5, 0.6) is 0 Å². The van der Waals surface area contributed by atoms with Crippen LogP contribution in [0.3, 0.4) is 0 Å². The van der Waals surface area contributed by atoms with Crippen LogP contribution in [0.1, 0.15) is 5.56 Å². The van der Waals surface area contributed by atoms with Gasteiger partial charge in [-0.1, -0.05) is 6.07 Å². The van der Waals surface area contributed by atoms with Crippen LogP contribution in [-0.4, -0.2) is 50.6 Å². The summed E-state index contributed by atoms with van der Waals surface area (Å²) in [6, 6.07) is 4.09. The molecule has 0 aliphatic rings. The number of carbonyl (C=O) groups excluding carboxylic acids is 1. The highest BCUT2D eigenvalue weighted by Gasteiger charge is 2.30. The van der Waals surface area contributed by atoms with Gasteiger partial charge >= 0.3 is 6.18 Å². The Kier molecular flexibility index (Phi) is 5.54. The summed E-state index contributed by atoms with van der Waals surface area (Å²) in [4.78, 5) is 11.7. The minimum Gasteiger partial charge on any atom is -0.325 e. The third-order valence-corrected chi connectivity index (χ3v) is 4.53. The van der Waals surface area contributed by atoms with Crippen molar-refractivity contribution in [3.05, 3.63) is 29.8 Å². The van der Waals surface area contributed by atoms with Crippen molar-refractivity contribution < 1.29 is 26.4 Å². The van der Waals surface area contributed by atoms with E-state index < -0.39 is 34.4 Å². The number of rotatable bonds is 5. The number of alkyl halides is 3. The lowest BCUT2D eigenvalue weighted by atomic mass is 10.2. The van der Waals surface area contributed by atoms with Crippen LogP contribution in [-0.2, 0) is 21.2 Å². The molecule has 124 valence electrons. The van der Waals surface area contributed by atoms with Crippen molar-refractivity contribution in [1.82, 2.24) is 8.61 Å². The number of halogens is 3. The van der Waals surface area contributed by atoms with Gasteiger partial charge in [0.25, 0.3) is 10.2 Å². The van der Waals surface area contributed by atoms with Crippen molar-refractivity contribution in [1.29, 1.82) is 0 Å². The van der Waals surface area contributed by atoms with Crippen LogP contribution >= 0.6 is 0 Å². The Bertz CT molecular complexity index is 645. The van der Waals surface area contributed by atoms with Crippen LogP contribution in [0.2, 0.25) is 0 Å². The first-order valence-electron chi connectivity index (χ1n) is 6.05. The van der Waals surface area contributed by atoms with Crippen molar-refractivity contribution in [2.24, 2.45) is 0 Å². The number of nitrogens with one attached hydrogen (secondary N) is 1. The van der Waals surface area contributed by atoms with Gasteiger partial charge in [-0.2, -0.15) is 30.2 Å². The van der Waals surface area contributed by atoms with E-state index in [0.717, 1.165) is 26.8 Å². The Morgan fingerprint density at radius 3 is 2.32 bits per heavy atom. The zero-order valence-corrected chi connectivity index (χ0v) is 13.0. The third kappa shape index (κ3) is 4.68. The number of likely N-dealkylation sites (N-methyl/N-ethyl adjacent to an activating group) is 1. The van der Waals surface area contributed by atoms with E-state index in [1.54, 1.807) is 0 Å². The SMILES string of the molecule is CN(C)S(=O)(=O)N(C)CC(=O)Nc1cccc(C(F)(F)F)c1. The summed E-state index contributed by atoms with van der Waals surface area (Å²) < 4.78 is 62.8. The molecule has 0 fully saturated rings. The molecule has 22 heavy (non-hydrogen) atoms. The van der Waals surface area contributed by atoms with Gasteiger partial charge in [0.2, 0.25) is 5.91 Å². The van der Waals surface area contributed by atoms with Crippen molar-refractivity contribution >= 4 is 21.8 Å². The molecule has 0 aliphatic carbocycles. The van der Waals surface area contributed by atoms with Gasteiger partial charge in [-0.3, -0.25) is 4.79 Å². The normalized spacial score (nSPS) is 12.7. The minimum atomic E-state index is -4.52. The minimum absolute atomic E-state index is 0.0597. The molecule has 1 aromatic carbocycles. The lowest BCUT2D eigenvalue weighted by Gasteiger charge is -2.20. The van der Waals surface area contributed by atoms with E-state index in [2.05, 4.69) is 5.32 Å². The van der Waals surface area contributed by atoms with Gasteiger partial charge in [0.1, 0.15) is 0 Å². The van der Waals surface area contributed by atoms with Gasteiger partial charge in [-0.25, -0.2) is 0 Å². The lowest BCUT2D eigenvalue weighted by Crippen LogP contribution is -2.41. The zero-order chi connectivity index (χ0) is 17.1. The van der Waals surface area contributed by atoms with Crippen LogP contribution in [0.4, 0.5) is 18.9 Å². The van der Waals surface area contributed by atoms with Gasteiger partial charge in [0.15, 0.2) is 0 Å². The molecule has 0 atom stereocenters. The zero-order valence-electron chi connectivity index (χ0n) is 12.2. The molecule has 1 aromatic rings. The Hall–Kier alpha value is -1.65. The highest BCUT2D eigenvalue weighted by molar-refractivity contribution is 7.86. The average molecular weight is 339 g/mol. The molecular weight excluding hydrogens is 323 g/mol. The van der Waals surface area contributed by atoms with Gasteiger partial charge < -0.3 is 5.32 Å². The van der Waals surface area contributed by atoms with E-state index in [4.69, 9.17) is 0 Å². The van der Waals surface area contributed by atoms with Gasteiger partial charge in [-0.05, 0) is 18.2 Å². The number of nitrogens with zero attached hydrogens (tertiary/aromatic N) is 2. The standard InChI is InChI=1S/C12H16F3N3O3S/c1-17(2)22(20,21)18(3)8-11(19)16-10-6-4-5-9(7-10)12(13,14)15/h4-7H,8H2,1-3H3,(H,16,19). The van der Waals surface area contributed by atoms with Gasteiger partial charge in [0, 0.05) is 26.8 Å². The summed E-state index contributed by atoms with van der Waals surface area (Å²) in [6.07, 6.45) is -4.52. The Balaban J connectivity index is 2.78. The molecule has 0 radical (unpaired) electrons. The largest absolute Gasteiger partial charge is 0.416 e. The summed E-state index contributed by atoms with van der Waals surface area (Å²) >= 11 is 0. The molecular formula is C12H16F3N3O3S. The fraction of sp³-hybridized carbons (Fsp3) is 0.417. The molecule has 0 saturated carbocycles. The fourth-order valence-corrected chi connectivity index (χ4v) is 2.37. The van der Waals surface area contributed by atoms with Crippen molar-refractivity contribution in [2.75, 3.05) is 33.0 Å². The first kappa shape index (κ1) is 18.4. The van der Waals surface area contributed by atoms with E-state index in [1.165, 1.54) is 27.2 Å². The number of anilines is 1. The van der Waals surface area contributed by atoms with E-state index >= 15 is 0 Å². The molecule has 0 aromatic heterocycles. The second-order valence-electron chi connectivity index (χ2n) is 4.67. The van der Waals surface area contributed by atoms with Gasteiger partial charge in [-0.15, -0.1) is 0 Å². The van der Waals surface area contributed by atoms with E-state index in [-0.39, 0.29) is 5.69 Å². The number of hydrogen-bond donors (Lipinski definition) is 1. The smallest absolute Gasteiger partial charge is 0.325 e. The van der Waals surface area contributed by atoms with E-state index in [9.17, 15) is 26.4 Å². The first-order chi connectivity index (χ1) is 9.94. The summed E-state index contributed by atoms with van der Waals surface area (Å²) in [7, 11) is 0.0299. The van der Waals surface area contributed by atoms with Crippen molar-refractivity contribution in [3.8, 4) is 0 Å². The monoisotopic (exact) mass is 339 g/mol. The summed E-state index contributed by atoms with van der Waals surface area (Å²) in [5, 5.41) is 2.23. The Morgan fingerprint density at radius 2 is 1.82 bits per heavy atom. The highest BCUT2D eigenvalue weighted by atomic mass is 32.2. The van der Waals surface area contributed by atoms with Crippen LogP contribution in [0, 0.1) is 0 Å². The lowest BCUT2D eigenvalue weighted by molar-refractivity contribution is -0.137. The van der Waals surface area contributed by atoms with Gasteiger partial charge in [0.05, 0.1) is 12.1 Å². The molecule has 1 N–H and O–H groups in total. The Morgan fingerprint density at radius 1 is 1.23 bits per heavy atom. The maximum absolute atomic E-state index is 12.6. The maximum atomic E-state index is 12.6.